The molecular formula is C17H16N4O2S. The second-order valence-electron chi connectivity index (χ2n) is 5.38. The number of thiazole rings is 1. The topological polar surface area (TPSA) is 88.0 Å². The highest BCUT2D eigenvalue weighted by molar-refractivity contribution is 7.14. The first-order chi connectivity index (χ1) is 11.5. The van der Waals surface area contributed by atoms with Crippen LogP contribution in [-0.2, 0) is 6.54 Å². The smallest absolute Gasteiger partial charge is 0.251 e. The number of aryl methyl sites for hydroxylation is 2. The fourth-order valence-corrected chi connectivity index (χ4v) is 2.89. The van der Waals surface area contributed by atoms with Gasteiger partial charge in [-0.3, -0.25) is 14.8 Å². The number of carbonyl (C=O) groups is 1. The summed E-state index contributed by atoms with van der Waals surface area (Å²) >= 11 is 1.51. The summed E-state index contributed by atoms with van der Waals surface area (Å²) in [7, 11) is 0. The molecule has 0 atom stereocenters. The molecule has 0 aliphatic heterocycles. The molecule has 2 N–H and O–H groups in total. The van der Waals surface area contributed by atoms with Crippen LogP contribution in [0.5, 0.6) is 5.75 Å². The molecule has 2 heterocycles. The number of phenols is 1. The van der Waals surface area contributed by atoms with Crippen LogP contribution in [-0.4, -0.2) is 26.0 Å². The first-order valence-electron chi connectivity index (χ1n) is 7.34. The number of hydrogen-bond donors (Lipinski definition) is 2. The van der Waals surface area contributed by atoms with Crippen molar-refractivity contribution in [3.8, 4) is 16.3 Å². The molecule has 24 heavy (non-hydrogen) atoms. The van der Waals surface area contributed by atoms with Crippen LogP contribution in [0.15, 0.2) is 36.8 Å². The van der Waals surface area contributed by atoms with Gasteiger partial charge in [0, 0.05) is 28.4 Å². The van der Waals surface area contributed by atoms with Crippen LogP contribution in [0.25, 0.3) is 10.6 Å². The Balaban J connectivity index is 1.77. The first kappa shape index (κ1) is 16.1. The number of nitrogens with zero attached hydrogens (tertiary/aromatic N) is 3. The van der Waals surface area contributed by atoms with Crippen molar-refractivity contribution in [3.05, 3.63) is 58.6 Å². The molecule has 1 aromatic carbocycles. The van der Waals surface area contributed by atoms with E-state index in [4.69, 9.17) is 0 Å². The molecule has 0 fully saturated rings. The zero-order valence-corrected chi connectivity index (χ0v) is 14.1. The molecule has 3 aromatic rings. The molecule has 2 aromatic heterocycles. The molecule has 0 saturated heterocycles. The minimum absolute atomic E-state index is 0.0284. The Morgan fingerprint density at radius 2 is 1.96 bits per heavy atom. The second kappa shape index (κ2) is 6.76. The third kappa shape index (κ3) is 3.75. The van der Waals surface area contributed by atoms with Crippen LogP contribution in [0.4, 0.5) is 0 Å². The highest BCUT2D eigenvalue weighted by atomic mass is 32.1. The van der Waals surface area contributed by atoms with Crippen LogP contribution < -0.4 is 5.32 Å². The molecule has 0 radical (unpaired) electrons. The summed E-state index contributed by atoms with van der Waals surface area (Å²) in [6.07, 6.45) is 5.04. The number of aromatic hydroxyl groups is 1. The van der Waals surface area contributed by atoms with Gasteiger partial charge in [0.25, 0.3) is 5.91 Å². The lowest BCUT2D eigenvalue weighted by Gasteiger charge is -2.07. The van der Waals surface area contributed by atoms with Gasteiger partial charge >= 0.3 is 0 Å². The molecule has 1 amide bonds. The molecule has 122 valence electrons. The molecule has 0 spiro atoms. The summed E-state index contributed by atoms with van der Waals surface area (Å²) in [5.74, 6) is -0.261. The van der Waals surface area contributed by atoms with Gasteiger partial charge < -0.3 is 10.4 Å². The van der Waals surface area contributed by atoms with Gasteiger partial charge in [0.15, 0.2) is 0 Å². The third-order valence-electron chi connectivity index (χ3n) is 3.31. The maximum absolute atomic E-state index is 12.3. The van der Waals surface area contributed by atoms with Gasteiger partial charge in [0.2, 0.25) is 0 Å². The van der Waals surface area contributed by atoms with Crippen molar-refractivity contribution in [2.45, 2.75) is 20.4 Å². The Morgan fingerprint density at radius 3 is 2.62 bits per heavy atom. The minimum Gasteiger partial charge on any atom is -0.508 e. The Bertz CT molecular complexity index is 875. The van der Waals surface area contributed by atoms with E-state index in [9.17, 15) is 9.90 Å². The highest BCUT2D eigenvalue weighted by Gasteiger charge is 2.12. The molecule has 0 unspecified atom stereocenters. The van der Waals surface area contributed by atoms with E-state index in [1.807, 2.05) is 13.8 Å². The van der Waals surface area contributed by atoms with Crippen molar-refractivity contribution in [3.63, 3.8) is 0 Å². The van der Waals surface area contributed by atoms with Gasteiger partial charge in [-0.05, 0) is 32.0 Å². The van der Waals surface area contributed by atoms with Crippen molar-refractivity contribution < 1.29 is 9.90 Å². The van der Waals surface area contributed by atoms with Gasteiger partial charge in [-0.2, -0.15) is 0 Å². The third-order valence-corrected chi connectivity index (χ3v) is 4.27. The lowest BCUT2D eigenvalue weighted by Crippen LogP contribution is -2.23. The number of carbonyl (C=O) groups excluding carboxylic acids is 1. The van der Waals surface area contributed by atoms with Crippen molar-refractivity contribution >= 4 is 17.2 Å². The van der Waals surface area contributed by atoms with Crippen molar-refractivity contribution in [2.24, 2.45) is 0 Å². The van der Waals surface area contributed by atoms with E-state index < -0.39 is 0 Å². The van der Waals surface area contributed by atoms with Crippen LogP contribution in [0.2, 0.25) is 0 Å². The van der Waals surface area contributed by atoms with Crippen molar-refractivity contribution in [2.75, 3.05) is 0 Å². The average Bonchev–Trinajstić information content (AvgIpc) is 3.00. The fraction of sp³-hybridized carbons (Fsp3) is 0.176. The lowest BCUT2D eigenvalue weighted by molar-refractivity contribution is 0.0950. The Morgan fingerprint density at radius 1 is 1.12 bits per heavy atom. The Labute approximate surface area is 143 Å². The first-order valence-corrected chi connectivity index (χ1v) is 8.15. The van der Waals surface area contributed by atoms with Crippen LogP contribution >= 0.6 is 11.3 Å². The predicted octanol–water partition coefficient (Wildman–Crippen LogP) is 2.85. The molecule has 7 heteroatoms. The van der Waals surface area contributed by atoms with Gasteiger partial charge in [-0.1, -0.05) is 0 Å². The van der Waals surface area contributed by atoms with Crippen molar-refractivity contribution in [1.29, 1.82) is 0 Å². The van der Waals surface area contributed by atoms with E-state index in [1.54, 1.807) is 30.7 Å². The average molecular weight is 340 g/mol. The summed E-state index contributed by atoms with van der Waals surface area (Å²) < 4.78 is 0. The van der Waals surface area contributed by atoms with Gasteiger partial charge in [-0.25, -0.2) is 4.98 Å². The Hall–Kier alpha value is -2.80. The van der Waals surface area contributed by atoms with E-state index in [1.165, 1.54) is 17.4 Å². The van der Waals surface area contributed by atoms with Crippen LogP contribution in [0, 0.1) is 13.8 Å². The lowest BCUT2D eigenvalue weighted by atomic mass is 10.1. The molecule has 0 bridgehead atoms. The van der Waals surface area contributed by atoms with Crippen LogP contribution in [0.1, 0.15) is 26.6 Å². The van der Waals surface area contributed by atoms with Gasteiger partial charge in [-0.15, -0.1) is 11.3 Å². The summed E-state index contributed by atoms with van der Waals surface area (Å²) in [5, 5.41) is 13.4. The quantitative estimate of drug-likeness (QED) is 0.762. The summed E-state index contributed by atoms with van der Waals surface area (Å²) in [4.78, 5) is 26.0. The maximum Gasteiger partial charge on any atom is 0.251 e. The number of hydrogen-bond acceptors (Lipinski definition) is 6. The number of amides is 1. The van der Waals surface area contributed by atoms with Crippen LogP contribution in [0.3, 0.4) is 0 Å². The largest absolute Gasteiger partial charge is 0.508 e. The second-order valence-corrected chi connectivity index (χ2v) is 6.61. The molecular weight excluding hydrogens is 324 g/mol. The number of nitrogens with one attached hydrogen (secondary N) is 1. The predicted molar refractivity (Wildman–Crippen MR) is 91.9 cm³/mol. The number of aromatic nitrogens is 3. The van der Waals surface area contributed by atoms with E-state index in [-0.39, 0.29) is 18.2 Å². The summed E-state index contributed by atoms with van der Waals surface area (Å²) in [6, 6.07) is 4.74. The Kier molecular flexibility index (Phi) is 4.52. The number of rotatable bonds is 4. The minimum atomic E-state index is -0.289. The van der Waals surface area contributed by atoms with Gasteiger partial charge in [0.05, 0.1) is 24.1 Å². The molecule has 0 saturated carbocycles. The van der Waals surface area contributed by atoms with E-state index in [0.29, 0.717) is 16.8 Å². The zero-order valence-electron chi connectivity index (χ0n) is 13.3. The number of phenolic OH excluding ortho intramolecular Hbond substituents is 1. The molecule has 6 nitrogen and oxygen atoms in total. The molecule has 0 aliphatic rings. The summed E-state index contributed by atoms with van der Waals surface area (Å²) in [6.45, 7) is 4.08. The SMILES string of the molecule is Cc1cnc(CNC(=O)c2cc(O)cc(-c3ncc(C)s3)c2)cn1. The van der Waals surface area contributed by atoms with E-state index in [0.717, 1.165) is 15.6 Å². The van der Waals surface area contributed by atoms with E-state index >= 15 is 0 Å². The van der Waals surface area contributed by atoms with E-state index in [2.05, 4.69) is 20.3 Å². The monoisotopic (exact) mass is 340 g/mol. The number of benzene rings is 1. The molecule has 3 rings (SSSR count). The van der Waals surface area contributed by atoms with Gasteiger partial charge in [0.1, 0.15) is 10.8 Å². The summed E-state index contributed by atoms with van der Waals surface area (Å²) in [5.41, 5.74) is 2.58. The normalized spacial score (nSPS) is 10.6. The fourth-order valence-electron chi connectivity index (χ4n) is 2.14. The standard InChI is InChI=1S/C17H16N4O2S/c1-10-6-19-14(8-18-10)9-20-16(23)12-3-13(5-15(22)4-12)17-21-7-11(2)24-17/h3-8,22H,9H2,1-2H3,(H,20,23). The maximum atomic E-state index is 12.3. The zero-order chi connectivity index (χ0) is 17.1. The molecule has 0 aliphatic carbocycles. The highest BCUT2D eigenvalue weighted by Crippen LogP contribution is 2.28. The van der Waals surface area contributed by atoms with Crippen molar-refractivity contribution in [1.82, 2.24) is 20.3 Å².